The number of carbonyl (C=O) groups is 3. The van der Waals surface area contributed by atoms with Crippen molar-refractivity contribution in [2.45, 2.75) is 37.3 Å². The highest BCUT2D eigenvalue weighted by molar-refractivity contribution is 9.10. The number of aliphatic imine (C=N–C) groups is 1. The predicted molar refractivity (Wildman–Crippen MR) is 138 cm³/mol. The van der Waals surface area contributed by atoms with Crippen molar-refractivity contribution in [3.63, 3.8) is 0 Å². The molecule has 0 bridgehead atoms. The number of aliphatic hydroxyl groups is 2. The van der Waals surface area contributed by atoms with Crippen LogP contribution in [0.15, 0.2) is 46.1 Å². The number of rotatable bonds is 9. The second kappa shape index (κ2) is 12.5. The molecule has 2 amide bonds. The zero-order valence-corrected chi connectivity index (χ0v) is 22.1. The van der Waals surface area contributed by atoms with Crippen LogP contribution < -0.4 is 21.3 Å². The third-order valence-corrected chi connectivity index (χ3v) is 6.20. The summed E-state index contributed by atoms with van der Waals surface area (Å²) in [5.74, 6) is -0.943. The van der Waals surface area contributed by atoms with E-state index in [1.54, 1.807) is 0 Å². The summed E-state index contributed by atoms with van der Waals surface area (Å²) in [7, 11) is 0. The summed E-state index contributed by atoms with van der Waals surface area (Å²) in [6.07, 6.45) is -2.61. The maximum Gasteiger partial charge on any atom is 0.421 e. The van der Waals surface area contributed by atoms with Crippen LogP contribution in [0.3, 0.4) is 0 Å². The lowest BCUT2D eigenvalue weighted by Gasteiger charge is -2.28. The van der Waals surface area contributed by atoms with Crippen LogP contribution in [0.4, 0.5) is 18.9 Å². The van der Waals surface area contributed by atoms with E-state index in [2.05, 4.69) is 47.2 Å². The number of alkyl halides is 3. The number of anilines is 1. The van der Waals surface area contributed by atoms with Crippen molar-refractivity contribution in [2.24, 2.45) is 4.99 Å². The van der Waals surface area contributed by atoms with Gasteiger partial charge < -0.3 is 36.3 Å². The maximum atomic E-state index is 13.4. The van der Waals surface area contributed by atoms with Crippen LogP contribution in [0.5, 0.6) is 0 Å². The van der Waals surface area contributed by atoms with Crippen molar-refractivity contribution < 1.29 is 37.8 Å². The number of hydrogen-bond donors (Lipinski definition) is 6. The van der Waals surface area contributed by atoms with Crippen LogP contribution in [-0.4, -0.2) is 71.2 Å². The van der Waals surface area contributed by atoms with E-state index in [4.69, 9.17) is 0 Å². The molecule has 2 aromatic rings. The van der Waals surface area contributed by atoms with Gasteiger partial charge in [-0.05, 0) is 36.2 Å². The molecule has 15 heteroatoms. The van der Waals surface area contributed by atoms with E-state index in [-0.39, 0.29) is 28.6 Å². The summed E-state index contributed by atoms with van der Waals surface area (Å²) in [5, 5.41) is 30.3. The van der Waals surface area contributed by atoms with Crippen LogP contribution in [-0.2, 0) is 15.2 Å². The standard InChI is InChI=1S/C24H26BrF3N6O5/c1-23(39,24(26,27)28)15-4-13(5-16(25)7-15)19(2-3-35)34-20(37)12-30-21(38)14-6-17(9-29-8-14)33-22-31-10-18(36)11-32-22/h3-9,18-19,36,39H,2,10-12H2,1H3,(H,30,38)(H,34,37)(H2,31,32,33)/t19-,23?/m0/s1. The first-order chi connectivity index (χ1) is 18.3. The monoisotopic (exact) mass is 614 g/mol. The molecule has 1 aliphatic heterocycles. The molecule has 0 aliphatic carbocycles. The first-order valence-corrected chi connectivity index (χ1v) is 12.4. The lowest BCUT2D eigenvalue weighted by atomic mass is 9.91. The van der Waals surface area contributed by atoms with Crippen molar-refractivity contribution in [1.82, 2.24) is 20.9 Å². The summed E-state index contributed by atoms with van der Waals surface area (Å²) in [6, 6.07) is 4.01. The number of halogens is 4. The van der Waals surface area contributed by atoms with E-state index in [9.17, 15) is 37.8 Å². The van der Waals surface area contributed by atoms with Gasteiger partial charge in [-0.15, -0.1) is 0 Å². The summed E-state index contributed by atoms with van der Waals surface area (Å²) in [5.41, 5.74) is -2.96. The first-order valence-electron chi connectivity index (χ1n) is 11.6. The van der Waals surface area contributed by atoms with E-state index < -0.39 is 47.8 Å². The summed E-state index contributed by atoms with van der Waals surface area (Å²) in [6.45, 7) is 0.623. The number of hydrogen-bond acceptors (Lipinski definition) is 9. The van der Waals surface area contributed by atoms with Crippen molar-refractivity contribution >= 4 is 45.7 Å². The molecule has 3 atom stereocenters. The Hall–Kier alpha value is -3.56. The van der Waals surface area contributed by atoms with E-state index in [0.717, 1.165) is 12.1 Å². The molecule has 2 unspecified atom stereocenters. The smallest absolute Gasteiger partial charge is 0.389 e. The van der Waals surface area contributed by atoms with Gasteiger partial charge in [0.25, 0.3) is 5.91 Å². The van der Waals surface area contributed by atoms with Crippen LogP contribution in [0.25, 0.3) is 0 Å². The van der Waals surface area contributed by atoms with Gasteiger partial charge in [-0.1, -0.05) is 22.0 Å². The molecule has 11 nitrogen and oxygen atoms in total. The van der Waals surface area contributed by atoms with Gasteiger partial charge in [-0.25, -0.2) is 0 Å². The van der Waals surface area contributed by atoms with Gasteiger partial charge in [0.1, 0.15) is 6.29 Å². The Labute approximate surface area is 229 Å². The second-order valence-electron chi connectivity index (χ2n) is 8.86. The Morgan fingerprint density at radius 1 is 1.26 bits per heavy atom. The number of nitrogens with one attached hydrogen (secondary N) is 4. The molecule has 3 rings (SSSR count). The number of β-amino-alcohol motifs (C(OH)–C–C–N with tert-alkyl or cyclic N) is 1. The topological polar surface area (TPSA) is 165 Å². The molecular formula is C24H26BrF3N6O5. The minimum atomic E-state index is -4.97. The number of aldehydes is 1. The summed E-state index contributed by atoms with van der Waals surface area (Å²) < 4.78 is 40.3. The van der Waals surface area contributed by atoms with E-state index in [1.165, 1.54) is 24.5 Å². The van der Waals surface area contributed by atoms with Gasteiger partial charge in [0, 0.05) is 23.6 Å². The number of benzene rings is 1. The number of guanidine groups is 1. The predicted octanol–water partition coefficient (Wildman–Crippen LogP) is 1.52. The Morgan fingerprint density at radius 2 is 2.00 bits per heavy atom. The molecule has 1 aliphatic rings. The largest absolute Gasteiger partial charge is 0.421 e. The van der Waals surface area contributed by atoms with Crippen molar-refractivity contribution in [3.8, 4) is 0 Å². The lowest BCUT2D eigenvalue weighted by Crippen LogP contribution is -2.42. The highest BCUT2D eigenvalue weighted by Crippen LogP contribution is 2.40. The Balaban J connectivity index is 1.65. The summed E-state index contributed by atoms with van der Waals surface area (Å²) in [4.78, 5) is 44.5. The molecule has 1 aromatic heterocycles. The normalized spacial score (nSPS) is 17.6. The average Bonchev–Trinajstić information content (AvgIpc) is 2.87. The molecule has 0 radical (unpaired) electrons. The van der Waals surface area contributed by atoms with Crippen molar-refractivity contribution in [3.05, 3.63) is 57.8 Å². The first kappa shape index (κ1) is 30.0. The Morgan fingerprint density at radius 3 is 2.64 bits per heavy atom. The van der Waals surface area contributed by atoms with E-state index in [1.807, 2.05) is 0 Å². The van der Waals surface area contributed by atoms with Gasteiger partial charge in [-0.3, -0.25) is 19.6 Å². The molecule has 210 valence electrons. The Bertz CT molecular complexity index is 1260. The highest BCUT2D eigenvalue weighted by Gasteiger charge is 2.51. The van der Waals surface area contributed by atoms with Crippen molar-refractivity contribution in [2.75, 3.05) is 25.0 Å². The zero-order chi connectivity index (χ0) is 28.8. The SMILES string of the molecule is CC(O)(c1cc(Br)cc([C@H](CC=O)NC(=O)CNC(=O)c2cncc(NC3=NCC(O)CN3)c2)c1)C(F)(F)F. The molecular weight excluding hydrogens is 589 g/mol. The van der Waals surface area contributed by atoms with Gasteiger partial charge in [0.2, 0.25) is 5.91 Å². The molecule has 0 saturated carbocycles. The lowest BCUT2D eigenvalue weighted by molar-refractivity contribution is -0.258. The van der Waals surface area contributed by atoms with Gasteiger partial charge >= 0.3 is 6.18 Å². The molecule has 0 saturated heterocycles. The molecule has 39 heavy (non-hydrogen) atoms. The average molecular weight is 615 g/mol. The molecule has 6 N–H and O–H groups in total. The van der Waals surface area contributed by atoms with Gasteiger partial charge in [-0.2, -0.15) is 13.2 Å². The number of aromatic nitrogens is 1. The van der Waals surface area contributed by atoms with Crippen molar-refractivity contribution in [1.29, 1.82) is 0 Å². The second-order valence-corrected chi connectivity index (χ2v) is 9.78. The fraction of sp³-hybridized carbons (Fsp3) is 0.375. The quantitative estimate of drug-likeness (QED) is 0.231. The van der Waals surface area contributed by atoms with Crippen LogP contribution in [0.1, 0.15) is 40.9 Å². The molecule has 0 spiro atoms. The zero-order valence-electron chi connectivity index (χ0n) is 20.6. The minimum absolute atomic E-state index is 0.125. The molecule has 0 fully saturated rings. The molecule has 2 heterocycles. The number of nitrogens with zero attached hydrogens (tertiary/aromatic N) is 2. The van der Waals surface area contributed by atoms with Crippen LogP contribution >= 0.6 is 15.9 Å². The highest BCUT2D eigenvalue weighted by atomic mass is 79.9. The minimum Gasteiger partial charge on any atom is -0.389 e. The maximum absolute atomic E-state index is 13.4. The third-order valence-electron chi connectivity index (χ3n) is 5.74. The summed E-state index contributed by atoms with van der Waals surface area (Å²) >= 11 is 3.10. The van der Waals surface area contributed by atoms with Crippen LogP contribution in [0.2, 0.25) is 0 Å². The Kier molecular flexibility index (Phi) is 9.63. The number of amides is 2. The van der Waals surface area contributed by atoms with Gasteiger partial charge in [0.05, 0.1) is 42.7 Å². The van der Waals surface area contributed by atoms with E-state index in [0.29, 0.717) is 31.4 Å². The number of pyridine rings is 1. The van der Waals surface area contributed by atoms with E-state index >= 15 is 0 Å². The number of carbonyl (C=O) groups excluding carboxylic acids is 3. The molecule has 1 aromatic carbocycles. The fourth-order valence-electron chi connectivity index (χ4n) is 3.53. The van der Waals surface area contributed by atoms with Gasteiger partial charge in [0.15, 0.2) is 11.6 Å². The number of aliphatic hydroxyl groups excluding tert-OH is 1. The van der Waals surface area contributed by atoms with Crippen LogP contribution in [0, 0.1) is 0 Å². The fourth-order valence-corrected chi connectivity index (χ4v) is 4.04. The third kappa shape index (κ3) is 7.97.